The highest BCUT2D eigenvalue weighted by molar-refractivity contribution is 9.10. The van der Waals surface area contributed by atoms with Crippen molar-refractivity contribution in [3.05, 3.63) is 20.8 Å². The summed E-state index contributed by atoms with van der Waals surface area (Å²) < 4.78 is 6.24. The molecule has 2 atom stereocenters. The first-order valence-corrected chi connectivity index (χ1v) is 7.07. The first-order valence-electron chi connectivity index (χ1n) is 5.40. The second-order valence-electron chi connectivity index (χ2n) is 4.04. The average Bonchev–Trinajstić information content (AvgIpc) is 2.75. The molecular weight excluding hydrogens is 306 g/mol. The summed E-state index contributed by atoms with van der Waals surface area (Å²) in [5.41, 5.74) is 0. The highest BCUT2D eigenvalue weighted by Crippen LogP contribution is 2.26. The molecule has 6 heteroatoms. The topological polar surface area (TPSA) is 49.8 Å². The van der Waals surface area contributed by atoms with E-state index in [1.165, 1.54) is 11.3 Å². The molecule has 2 unspecified atom stereocenters. The van der Waals surface area contributed by atoms with Crippen molar-refractivity contribution in [3.8, 4) is 0 Å². The highest BCUT2D eigenvalue weighted by Gasteiger charge is 2.31. The maximum absolute atomic E-state index is 12.3. The predicted molar refractivity (Wildman–Crippen MR) is 69.3 cm³/mol. The molecule has 1 N–H and O–H groups in total. The fourth-order valence-electron chi connectivity index (χ4n) is 1.79. The van der Waals surface area contributed by atoms with E-state index in [4.69, 9.17) is 9.84 Å². The lowest BCUT2D eigenvalue weighted by atomic mass is 10.2. The minimum atomic E-state index is -0.270. The average molecular weight is 320 g/mol. The number of amides is 1. The molecule has 2 heterocycles. The van der Waals surface area contributed by atoms with Gasteiger partial charge < -0.3 is 14.7 Å². The molecule has 0 aromatic carbocycles. The molecule has 0 bridgehead atoms. The van der Waals surface area contributed by atoms with Gasteiger partial charge in [0.05, 0.1) is 25.4 Å². The van der Waals surface area contributed by atoms with Crippen molar-refractivity contribution in [2.24, 2.45) is 0 Å². The number of carbonyl (C=O) groups excluding carboxylic acids is 1. The van der Waals surface area contributed by atoms with E-state index in [2.05, 4.69) is 15.9 Å². The predicted octanol–water partition coefficient (Wildman–Crippen LogP) is 1.73. The van der Waals surface area contributed by atoms with Gasteiger partial charge in [-0.2, -0.15) is 0 Å². The molecule has 1 aliphatic rings. The Morgan fingerprint density at radius 2 is 2.53 bits per heavy atom. The minimum Gasteiger partial charge on any atom is -0.394 e. The summed E-state index contributed by atoms with van der Waals surface area (Å²) >= 11 is 4.79. The van der Waals surface area contributed by atoms with E-state index >= 15 is 0 Å². The monoisotopic (exact) mass is 319 g/mol. The Labute approximate surface area is 112 Å². The Bertz CT molecular complexity index is 409. The number of carbonyl (C=O) groups is 1. The van der Waals surface area contributed by atoms with Gasteiger partial charge in [0.1, 0.15) is 4.88 Å². The fourth-order valence-corrected chi connectivity index (χ4v) is 3.28. The molecule has 94 valence electrons. The molecule has 1 aromatic heterocycles. The van der Waals surface area contributed by atoms with Crippen LogP contribution in [0.25, 0.3) is 0 Å². The summed E-state index contributed by atoms with van der Waals surface area (Å²) in [6.45, 7) is 2.82. The normalized spacial score (nSPS) is 25.0. The third-order valence-corrected chi connectivity index (χ3v) is 4.61. The summed E-state index contributed by atoms with van der Waals surface area (Å²) in [7, 11) is 0. The van der Waals surface area contributed by atoms with E-state index in [1.54, 1.807) is 4.90 Å². The van der Waals surface area contributed by atoms with Crippen molar-refractivity contribution in [2.75, 3.05) is 19.8 Å². The van der Waals surface area contributed by atoms with Gasteiger partial charge in [-0.05, 0) is 34.3 Å². The van der Waals surface area contributed by atoms with Gasteiger partial charge in [-0.3, -0.25) is 4.79 Å². The quantitative estimate of drug-likeness (QED) is 0.903. The zero-order chi connectivity index (χ0) is 12.4. The Hall–Kier alpha value is -0.430. The molecule has 0 radical (unpaired) electrons. The smallest absolute Gasteiger partial charge is 0.265 e. The lowest BCUT2D eigenvalue weighted by Gasteiger charge is -2.37. The van der Waals surface area contributed by atoms with Crippen molar-refractivity contribution in [1.82, 2.24) is 4.90 Å². The van der Waals surface area contributed by atoms with Gasteiger partial charge in [-0.25, -0.2) is 0 Å². The number of aliphatic hydroxyl groups excluding tert-OH is 1. The number of hydrogen-bond acceptors (Lipinski definition) is 4. The SMILES string of the molecule is CC1COC(CO)CN1C(=O)c1sccc1Br. The van der Waals surface area contributed by atoms with Gasteiger partial charge in [0, 0.05) is 11.0 Å². The zero-order valence-electron chi connectivity index (χ0n) is 9.43. The number of hydrogen-bond donors (Lipinski definition) is 1. The maximum Gasteiger partial charge on any atom is 0.265 e. The van der Waals surface area contributed by atoms with Gasteiger partial charge in [0.25, 0.3) is 5.91 Å². The van der Waals surface area contributed by atoms with Crippen molar-refractivity contribution >= 4 is 33.2 Å². The molecule has 1 saturated heterocycles. The van der Waals surface area contributed by atoms with Crippen LogP contribution in [0.5, 0.6) is 0 Å². The number of morpholine rings is 1. The summed E-state index contributed by atoms with van der Waals surface area (Å²) in [6, 6.07) is 1.91. The number of aliphatic hydroxyl groups is 1. The van der Waals surface area contributed by atoms with E-state index in [0.717, 1.165) is 4.47 Å². The third kappa shape index (κ3) is 2.70. The molecule has 17 heavy (non-hydrogen) atoms. The number of ether oxygens (including phenoxy) is 1. The number of nitrogens with zero attached hydrogens (tertiary/aromatic N) is 1. The Morgan fingerprint density at radius 1 is 1.76 bits per heavy atom. The standard InChI is InChI=1S/C11H14BrNO3S/c1-7-6-16-8(5-14)4-13(7)11(15)10-9(12)2-3-17-10/h2-3,7-8,14H,4-6H2,1H3. The molecule has 2 rings (SSSR count). The van der Waals surface area contributed by atoms with Crippen LogP contribution in [-0.2, 0) is 4.74 Å². The maximum atomic E-state index is 12.3. The van der Waals surface area contributed by atoms with Crippen LogP contribution in [0.1, 0.15) is 16.6 Å². The van der Waals surface area contributed by atoms with Gasteiger partial charge in [0.15, 0.2) is 0 Å². The van der Waals surface area contributed by atoms with Gasteiger partial charge in [0.2, 0.25) is 0 Å². The third-order valence-electron chi connectivity index (χ3n) is 2.78. The largest absolute Gasteiger partial charge is 0.394 e. The van der Waals surface area contributed by atoms with Gasteiger partial charge >= 0.3 is 0 Å². The molecule has 1 amide bonds. The molecule has 0 aliphatic carbocycles. The minimum absolute atomic E-state index is 0.00104. The fraction of sp³-hybridized carbons (Fsp3) is 0.545. The van der Waals surface area contributed by atoms with Crippen LogP contribution in [0.15, 0.2) is 15.9 Å². The lowest BCUT2D eigenvalue weighted by Crippen LogP contribution is -2.51. The Balaban J connectivity index is 2.15. The second kappa shape index (κ2) is 5.48. The van der Waals surface area contributed by atoms with Crippen LogP contribution in [0.4, 0.5) is 0 Å². The first kappa shape index (κ1) is 13.0. The van der Waals surface area contributed by atoms with Crippen molar-refractivity contribution in [2.45, 2.75) is 19.1 Å². The molecule has 4 nitrogen and oxygen atoms in total. The summed E-state index contributed by atoms with van der Waals surface area (Å²) in [5.74, 6) is 0.00104. The van der Waals surface area contributed by atoms with Crippen LogP contribution in [0, 0.1) is 0 Å². The number of thiophene rings is 1. The first-order chi connectivity index (χ1) is 8.13. The van der Waals surface area contributed by atoms with E-state index in [1.807, 2.05) is 18.4 Å². The number of halogens is 1. The van der Waals surface area contributed by atoms with Gasteiger partial charge in [-0.1, -0.05) is 0 Å². The summed E-state index contributed by atoms with van der Waals surface area (Å²) in [6.07, 6.45) is -0.270. The molecular formula is C11H14BrNO3S. The summed E-state index contributed by atoms with van der Waals surface area (Å²) in [5, 5.41) is 11.0. The van der Waals surface area contributed by atoms with Crippen LogP contribution in [0.2, 0.25) is 0 Å². The van der Waals surface area contributed by atoms with Crippen LogP contribution in [-0.4, -0.2) is 47.8 Å². The lowest BCUT2D eigenvalue weighted by molar-refractivity contribution is -0.0666. The van der Waals surface area contributed by atoms with E-state index < -0.39 is 0 Å². The van der Waals surface area contributed by atoms with E-state index in [0.29, 0.717) is 18.0 Å². The van der Waals surface area contributed by atoms with Crippen molar-refractivity contribution in [1.29, 1.82) is 0 Å². The molecule has 1 fully saturated rings. The van der Waals surface area contributed by atoms with Crippen molar-refractivity contribution < 1.29 is 14.6 Å². The van der Waals surface area contributed by atoms with Crippen LogP contribution in [0.3, 0.4) is 0 Å². The number of rotatable bonds is 2. The van der Waals surface area contributed by atoms with E-state index in [-0.39, 0.29) is 24.7 Å². The molecule has 0 saturated carbocycles. The highest BCUT2D eigenvalue weighted by atomic mass is 79.9. The Morgan fingerprint density at radius 3 is 3.12 bits per heavy atom. The molecule has 0 spiro atoms. The molecule has 1 aliphatic heterocycles. The van der Waals surface area contributed by atoms with Gasteiger partial charge in [-0.15, -0.1) is 11.3 Å². The van der Waals surface area contributed by atoms with Crippen LogP contribution < -0.4 is 0 Å². The summed E-state index contributed by atoms with van der Waals surface area (Å²) in [4.78, 5) is 14.8. The second-order valence-corrected chi connectivity index (χ2v) is 5.81. The Kier molecular flexibility index (Phi) is 4.19. The van der Waals surface area contributed by atoms with E-state index in [9.17, 15) is 4.79 Å². The zero-order valence-corrected chi connectivity index (χ0v) is 11.8. The van der Waals surface area contributed by atoms with Crippen LogP contribution >= 0.6 is 27.3 Å². The molecule has 1 aromatic rings. The van der Waals surface area contributed by atoms with Crippen molar-refractivity contribution in [3.63, 3.8) is 0 Å².